The summed E-state index contributed by atoms with van der Waals surface area (Å²) in [5, 5.41) is 6.53. The molecule has 0 aliphatic rings. The smallest absolute Gasteiger partial charge is 0.354 e. The number of hydrogen-bond acceptors (Lipinski definition) is 2. The van der Waals surface area contributed by atoms with Gasteiger partial charge in [0.25, 0.3) is 0 Å². The van der Waals surface area contributed by atoms with Crippen molar-refractivity contribution in [3.63, 3.8) is 0 Å². The van der Waals surface area contributed by atoms with E-state index in [-0.39, 0.29) is 12.6 Å². The van der Waals surface area contributed by atoms with E-state index < -0.39 is 24.9 Å². The van der Waals surface area contributed by atoms with Gasteiger partial charge in [-0.15, -0.1) is 0 Å². The molecule has 18 heavy (non-hydrogen) atoms. The zero-order valence-corrected chi connectivity index (χ0v) is 10.3. The number of amides is 1. The Morgan fingerprint density at radius 3 is 2.72 bits per heavy atom. The van der Waals surface area contributed by atoms with Gasteiger partial charge in [-0.3, -0.25) is 9.48 Å². The highest BCUT2D eigenvalue weighted by Crippen LogP contribution is 2.21. The SMILES string of the molecule is Cc1cnn([C@H](C)CNC(=O)CCC(F)(F)F)c1. The van der Waals surface area contributed by atoms with Gasteiger partial charge in [0, 0.05) is 19.2 Å². The first-order valence-electron chi connectivity index (χ1n) is 5.62. The number of nitrogens with zero attached hydrogens (tertiary/aromatic N) is 2. The van der Waals surface area contributed by atoms with Gasteiger partial charge in [0.15, 0.2) is 0 Å². The Balaban J connectivity index is 2.30. The van der Waals surface area contributed by atoms with Crippen LogP contribution in [0.5, 0.6) is 0 Å². The third-order valence-corrected chi connectivity index (χ3v) is 2.41. The van der Waals surface area contributed by atoms with Gasteiger partial charge < -0.3 is 5.32 Å². The van der Waals surface area contributed by atoms with Crippen LogP contribution >= 0.6 is 0 Å². The molecule has 1 heterocycles. The Hall–Kier alpha value is -1.53. The fourth-order valence-electron chi connectivity index (χ4n) is 1.37. The van der Waals surface area contributed by atoms with Crippen LogP contribution in [0.4, 0.5) is 13.2 Å². The maximum absolute atomic E-state index is 11.9. The minimum absolute atomic E-state index is 0.0893. The molecule has 0 saturated heterocycles. The van der Waals surface area contributed by atoms with Crippen LogP contribution in [0.1, 0.15) is 31.4 Å². The summed E-state index contributed by atoms with van der Waals surface area (Å²) in [6, 6.07) is -0.0893. The molecule has 102 valence electrons. The Kier molecular flexibility index (Phi) is 4.75. The summed E-state index contributed by atoms with van der Waals surface area (Å²) in [5.74, 6) is -0.594. The van der Waals surface area contributed by atoms with Gasteiger partial charge in [-0.2, -0.15) is 18.3 Å². The Morgan fingerprint density at radius 1 is 1.56 bits per heavy atom. The third kappa shape index (κ3) is 5.20. The van der Waals surface area contributed by atoms with E-state index in [1.807, 2.05) is 20.0 Å². The molecule has 0 saturated carbocycles. The Bertz CT molecular complexity index is 400. The number of aromatic nitrogens is 2. The van der Waals surface area contributed by atoms with Crippen molar-refractivity contribution in [1.82, 2.24) is 15.1 Å². The summed E-state index contributed by atoms with van der Waals surface area (Å²) in [4.78, 5) is 11.2. The zero-order chi connectivity index (χ0) is 13.8. The quantitative estimate of drug-likeness (QED) is 0.885. The second kappa shape index (κ2) is 5.88. The van der Waals surface area contributed by atoms with Crippen molar-refractivity contribution < 1.29 is 18.0 Å². The van der Waals surface area contributed by atoms with Crippen LogP contribution in [-0.4, -0.2) is 28.4 Å². The van der Waals surface area contributed by atoms with Crippen LogP contribution in [0.25, 0.3) is 0 Å². The minimum atomic E-state index is -4.29. The number of alkyl halides is 3. The largest absolute Gasteiger partial charge is 0.389 e. The fraction of sp³-hybridized carbons (Fsp3) is 0.636. The molecule has 0 fully saturated rings. The van der Waals surface area contributed by atoms with Crippen molar-refractivity contribution in [3.8, 4) is 0 Å². The molecule has 1 atom stereocenters. The van der Waals surface area contributed by atoms with Crippen molar-refractivity contribution in [3.05, 3.63) is 18.0 Å². The van der Waals surface area contributed by atoms with Gasteiger partial charge in [0.05, 0.1) is 18.7 Å². The molecule has 7 heteroatoms. The predicted molar refractivity (Wildman–Crippen MR) is 60.0 cm³/mol. The van der Waals surface area contributed by atoms with Gasteiger partial charge in [-0.05, 0) is 19.4 Å². The number of halogens is 3. The molecule has 1 aromatic rings. The van der Waals surface area contributed by atoms with E-state index in [2.05, 4.69) is 10.4 Å². The van der Waals surface area contributed by atoms with Gasteiger partial charge in [0.1, 0.15) is 0 Å². The highest BCUT2D eigenvalue weighted by atomic mass is 19.4. The first kappa shape index (κ1) is 14.5. The van der Waals surface area contributed by atoms with Gasteiger partial charge >= 0.3 is 6.18 Å². The van der Waals surface area contributed by atoms with Gasteiger partial charge in [0.2, 0.25) is 5.91 Å². The summed E-state index contributed by atoms with van der Waals surface area (Å²) in [6.07, 6.45) is -2.42. The molecule has 1 amide bonds. The van der Waals surface area contributed by atoms with Gasteiger partial charge in [-0.25, -0.2) is 0 Å². The highest BCUT2D eigenvalue weighted by Gasteiger charge is 2.27. The number of aryl methyl sites for hydroxylation is 1. The maximum atomic E-state index is 11.9. The van der Waals surface area contributed by atoms with Crippen molar-refractivity contribution in [2.24, 2.45) is 0 Å². The van der Waals surface area contributed by atoms with Crippen LogP contribution in [0.2, 0.25) is 0 Å². The molecular weight excluding hydrogens is 247 g/mol. The molecule has 0 aliphatic heterocycles. The first-order chi connectivity index (χ1) is 8.28. The summed E-state index contributed by atoms with van der Waals surface area (Å²) in [7, 11) is 0. The topological polar surface area (TPSA) is 46.9 Å². The maximum Gasteiger partial charge on any atom is 0.389 e. The number of rotatable bonds is 5. The van der Waals surface area contributed by atoms with Crippen LogP contribution in [0, 0.1) is 6.92 Å². The molecule has 1 aromatic heterocycles. The van der Waals surface area contributed by atoms with Crippen LogP contribution in [0.3, 0.4) is 0 Å². The molecule has 0 unspecified atom stereocenters. The molecule has 0 aliphatic carbocycles. The minimum Gasteiger partial charge on any atom is -0.354 e. The van der Waals surface area contributed by atoms with Crippen LogP contribution in [-0.2, 0) is 4.79 Å². The van der Waals surface area contributed by atoms with Crippen molar-refractivity contribution in [2.75, 3.05) is 6.54 Å². The predicted octanol–water partition coefficient (Wildman–Crippen LogP) is 2.21. The number of nitrogens with one attached hydrogen (secondary N) is 1. The van der Waals surface area contributed by atoms with Crippen LogP contribution in [0.15, 0.2) is 12.4 Å². The van der Waals surface area contributed by atoms with Crippen molar-refractivity contribution in [1.29, 1.82) is 0 Å². The van der Waals surface area contributed by atoms with Crippen molar-refractivity contribution in [2.45, 2.75) is 38.9 Å². The van der Waals surface area contributed by atoms with Gasteiger partial charge in [-0.1, -0.05) is 0 Å². The molecule has 0 radical (unpaired) electrons. The van der Waals surface area contributed by atoms with E-state index in [0.717, 1.165) is 5.56 Å². The number of carbonyl (C=O) groups excluding carboxylic acids is 1. The number of carbonyl (C=O) groups is 1. The summed E-state index contributed by atoms with van der Waals surface area (Å²) < 4.78 is 37.3. The Morgan fingerprint density at radius 2 is 2.22 bits per heavy atom. The first-order valence-corrected chi connectivity index (χ1v) is 5.62. The fourth-order valence-corrected chi connectivity index (χ4v) is 1.37. The molecule has 0 aromatic carbocycles. The standard InChI is InChI=1S/C11H16F3N3O/c1-8-5-16-17(7-8)9(2)6-15-10(18)3-4-11(12,13)14/h5,7,9H,3-4,6H2,1-2H3,(H,15,18)/t9-/m1/s1. The van der Waals surface area contributed by atoms with E-state index in [1.165, 1.54) is 0 Å². The normalized spacial score (nSPS) is 13.4. The van der Waals surface area contributed by atoms with Crippen LogP contribution < -0.4 is 5.32 Å². The third-order valence-electron chi connectivity index (χ3n) is 2.41. The lowest BCUT2D eigenvalue weighted by atomic mass is 10.2. The van der Waals surface area contributed by atoms with E-state index in [0.29, 0.717) is 0 Å². The molecule has 1 N–H and O–H groups in total. The average Bonchev–Trinajstić information content (AvgIpc) is 2.69. The summed E-state index contributed by atoms with van der Waals surface area (Å²) in [5.41, 5.74) is 0.991. The zero-order valence-electron chi connectivity index (χ0n) is 10.3. The lowest BCUT2D eigenvalue weighted by Crippen LogP contribution is -2.30. The number of hydrogen-bond donors (Lipinski definition) is 1. The molecule has 4 nitrogen and oxygen atoms in total. The molecular formula is C11H16F3N3O. The molecule has 1 rings (SSSR count). The average molecular weight is 263 g/mol. The van der Waals surface area contributed by atoms with E-state index in [4.69, 9.17) is 0 Å². The molecule has 0 bridgehead atoms. The van der Waals surface area contributed by atoms with Crippen molar-refractivity contribution >= 4 is 5.91 Å². The monoisotopic (exact) mass is 263 g/mol. The second-order valence-electron chi connectivity index (χ2n) is 4.27. The summed E-state index contributed by atoms with van der Waals surface area (Å²) >= 11 is 0. The second-order valence-corrected chi connectivity index (χ2v) is 4.27. The Labute approximate surface area is 103 Å². The van der Waals surface area contributed by atoms with E-state index in [1.54, 1.807) is 10.9 Å². The highest BCUT2D eigenvalue weighted by molar-refractivity contribution is 5.75. The summed E-state index contributed by atoms with van der Waals surface area (Å²) in [6.45, 7) is 3.98. The molecule has 0 spiro atoms. The lowest BCUT2D eigenvalue weighted by Gasteiger charge is -2.13. The lowest BCUT2D eigenvalue weighted by molar-refractivity contribution is -0.144. The van der Waals surface area contributed by atoms with E-state index in [9.17, 15) is 18.0 Å². The van der Waals surface area contributed by atoms with E-state index >= 15 is 0 Å².